The Kier molecular flexibility index (Phi) is 5.49. The van der Waals surface area contributed by atoms with Gasteiger partial charge >= 0.3 is 0 Å². The molecule has 0 aromatic carbocycles. The summed E-state index contributed by atoms with van der Waals surface area (Å²) in [4.78, 5) is 5.12. The minimum absolute atomic E-state index is 0.851. The summed E-state index contributed by atoms with van der Waals surface area (Å²) in [5, 5.41) is 0. The molecular formula is C12H26N2. The second-order valence-corrected chi connectivity index (χ2v) is 4.54. The summed E-state index contributed by atoms with van der Waals surface area (Å²) in [6.07, 6.45) is 5.45. The van der Waals surface area contributed by atoms with Gasteiger partial charge in [-0.05, 0) is 19.9 Å². The molecule has 0 radical (unpaired) electrons. The molecule has 1 aliphatic heterocycles. The summed E-state index contributed by atoms with van der Waals surface area (Å²) < 4.78 is 0. The molecule has 2 heteroatoms. The molecule has 1 heterocycles. The zero-order chi connectivity index (χ0) is 10.4. The number of hydrogen-bond acceptors (Lipinski definition) is 2. The van der Waals surface area contributed by atoms with Gasteiger partial charge in [0, 0.05) is 32.2 Å². The number of rotatable bonds is 5. The van der Waals surface area contributed by atoms with Crippen molar-refractivity contribution in [1.82, 2.24) is 9.80 Å². The van der Waals surface area contributed by atoms with Crippen LogP contribution in [-0.2, 0) is 0 Å². The Morgan fingerprint density at radius 3 is 2.21 bits per heavy atom. The van der Waals surface area contributed by atoms with E-state index < -0.39 is 0 Å². The third-order valence-corrected chi connectivity index (χ3v) is 3.42. The maximum absolute atomic E-state index is 2.69. The minimum Gasteiger partial charge on any atom is -0.304 e. The second kappa shape index (κ2) is 6.41. The lowest BCUT2D eigenvalue weighted by atomic mass is 10.0. The van der Waals surface area contributed by atoms with Crippen molar-refractivity contribution in [2.24, 2.45) is 0 Å². The van der Waals surface area contributed by atoms with Crippen molar-refractivity contribution in [2.75, 3.05) is 33.2 Å². The van der Waals surface area contributed by atoms with Crippen LogP contribution in [0.4, 0.5) is 0 Å². The first-order chi connectivity index (χ1) is 6.77. The van der Waals surface area contributed by atoms with Crippen LogP contribution in [0.5, 0.6) is 0 Å². The third-order valence-electron chi connectivity index (χ3n) is 3.42. The van der Waals surface area contributed by atoms with Crippen molar-refractivity contribution >= 4 is 0 Å². The first-order valence-corrected chi connectivity index (χ1v) is 6.20. The first kappa shape index (κ1) is 12.0. The lowest BCUT2D eigenvalue weighted by Gasteiger charge is -2.37. The van der Waals surface area contributed by atoms with E-state index in [9.17, 15) is 0 Å². The third kappa shape index (κ3) is 3.58. The van der Waals surface area contributed by atoms with E-state index in [0.717, 1.165) is 6.04 Å². The summed E-state index contributed by atoms with van der Waals surface area (Å²) in [7, 11) is 2.23. The molecule has 2 nitrogen and oxygen atoms in total. The Balaban J connectivity index is 2.29. The average molecular weight is 198 g/mol. The highest BCUT2D eigenvalue weighted by Gasteiger charge is 2.20. The zero-order valence-electron chi connectivity index (χ0n) is 10.1. The molecule has 0 aromatic rings. The Morgan fingerprint density at radius 2 is 1.71 bits per heavy atom. The van der Waals surface area contributed by atoms with Crippen LogP contribution in [0.15, 0.2) is 0 Å². The van der Waals surface area contributed by atoms with Crippen molar-refractivity contribution in [3.05, 3.63) is 0 Å². The van der Waals surface area contributed by atoms with Crippen LogP contribution in [0.25, 0.3) is 0 Å². The van der Waals surface area contributed by atoms with Gasteiger partial charge in [-0.3, -0.25) is 4.90 Å². The normalized spacial score (nSPS) is 22.5. The van der Waals surface area contributed by atoms with Crippen LogP contribution in [0.2, 0.25) is 0 Å². The molecule has 0 N–H and O–H groups in total. The number of likely N-dealkylation sites (N-methyl/N-ethyl adjacent to an activating group) is 1. The quantitative estimate of drug-likeness (QED) is 0.668. The van der Waals surface area contributed by atoms with Crippen LogP contribution >= 0.6 is 0 Å². The number of nitrogens with zero attached hydrogens (tertiary/aromatic N) is 2. The van der Waals surface area contributed by atoms with Crippen molar-refractivity contribution in [3.63, 3.8) is 0 Å². The van der Waals surface area contributed by atoms with Gasteiger partial charge in [-0.25, -0.2) is 0 Å². The minimum atomic E-state index is 0.851. The van der Waals surface area contributed by atoms with Crippen molar-refractivity contribution in [3.8, 4) is 0 Å². The van der Waals surface area contributed by atoms with Crippen molar-refractivity contribution in [1.29, 1.82) is 0 Å². The van der Waals surface area contributed by atoms with E-state index in [1.807, 2.05) is 0 Å². The van der Waals surface area contributed by atoms with Crippen LogP contribution in [0.3, 0.4) is 0 Å². The van der Waals surface area contributed by atoms with E-state index in [1.54, 1.807) is 0 Å². The molecule has 84 valence electrons. The fourth-order valence-corrected chi connectivity index (χ4v) is 2.27. The highest BCUT2D eigenvalue weighted by Crippen LogP contribution is 2.14. The zero-order valence-corrected chi connectivity index (χ0v) is 10.1. The molecule has 1 fully saturated rings. The van der Waals surface area contributed by atoms with Gasteiger partial charge in [0.15, 0.2) is 0 Å². The highest BCUT2D eigenvalue weighted by atomic mass is 15.3. The molecule has 0 amide bonds. The largest absolute Gasteiger partial charge is 0.304 e. The molecule has 14 heavy (non-hydrogen) atoms. The summed E-state index contributed by atoms with van der Waals surface area (Å²) in [6.45, 7) is 9.68. The molecule has 0 saturated carbocycles. The second-order valence-electron chi connectivity index (χ2n) is 4.54. The lowest BCUT2D eigenvalue weighted by molar-refractivity contribution is 0.103. The predicted molar refractivity (Wildman–Crippen MR) is 62.7 cm³/mol. The van der Waals surface area contributed by atoms with E-state index >= 15 is 0 Å². The van der Waals surface area contributed by atoms with Crippen LogP contribution in [0, 0.1) is 0 Å². The van der Waals surface area contributed by atoms with Gasteiger partial charge in [0.1, 0.15) is 0 Å². The summed E-state index contributed by atoms with van der Waals surface area (Å²) in [5.41, 5.74) is 0. The van der Waals surface area contributed by atoms with E-state index in [4.69, 9.17) is 0 Å². The molecule has 1 aliphatic rings. The maximum atomic E-state index is 2.69. The molecule has 1 atom stereocenters. The van der Waals surface area contributed by atoms with Gasteiger partial charge in [-0.1, -0.05) is 26.7 Å². The number of unbranched alkanes of at least 4 members (excludes halogenated alkanes) is 1. The number of piperazine rings is 1. The predicted octanol–water partition coefficient (Wildman–Crippen LogP) is 2.20. The molecular weight excluding hydrogens is 172 g/mol. The summed E-state index contributed by atoms with van der Waals surface area (Å²) in [6, 6.07) is 0.851. The SMILES string of the molecule is CCCCC(CC)N1CCN(C)CC1. The molecule has 1 rings (SSSR count). The van der Waals surface area contributed by atoms with Crippen molar-refractivity contribution in [2.45, 2.75) is 45.6 Å². The van der Waals surface area contributed by atoms with Gasteiger partial charge in [-0.15, -0.1) is 0 Å². The average Bonchev–Trinajstić information content (AvgIpc) is 2.21. The van der Waals surface area contributed by atoms with Crippen molar-refractivity contribution < 1.29 is 0 Å². The van der Waals surface area contributed by atoms with E-state index in [2.05, 4.69) is 30.7 Å². The van der Waals surface area contributed by atoms with Crippen LogP contribution < -0.4 is 0 Å². The standard InChI is InChI=1S/C12H26N2/c1-4-6-7-12(5-2)14-10-8-13(3)9-11-14/h12H,4-11H2,1-3H3. The van der Waals surface area contributed by atoms with Gasteiger partial charge < -0.3 is 4.90 Å². The van der Waals surface area contributed by atoms with Gasteiger partial charge in [-0.2, -0.15) is 0 Å². The molecule has 0 bridgehead atoms. The Morgan fingerprint density at radius 1 is 1.07 bits per heavy atom. The molecule has 1 unspecified atom stereocenters. The fourth-order valence-electron chi connectivity index (χ4n) is 2.27. The molecule has 0 aromatic heterocycles. The topological polar surface area (TPSA) is 6.48 Å². The highest BCUT2D eigenvalue weighted by molar-refractivity contribution is 4.76. The van der Waals surface area contributed by atoms with Gasteiger partial charge in [0.2, 0.25) is 0 Å². The fraction of sp³-hybridized carbons (Fsp3) is 1.00. The van der Waals surface area contributed by atoms with E-state index in [-0.39, 0.29) is 0 Å². The Bertz CT molecular complexity index is 137. The Hall–Kier alpha value is -0.0800. The monoisotopic (exact) mass is 198 g/mol. The maximum Gasteiger partial charge on any atom is 0.0113 e. The lowest BCUT2D eigenvalue weighted by Crippen LogP contribution is -2.48. The van der Waals surface area contributed by atoms with Crippen LogP contribution in [-0.4, -0.2) is 49.1 Å². The van der Waals surface area contributed by atoms with E-state index in [1.165, 1.54) is 51.9 Å². The van der Waals surface area contributed by atoms with Crippen LogP contribution in [0.1, 0.15) is 39.5 Å². The first-order valence-electron chi connectivity index (χ1n) is 6.20. The van der Waals surface area contributed by atoms with Gasteiger partial charge in [0.25, 0.3) is 0 Å². The van der Waals surface area contributed by atoms with Gasteiger partial charge in [0.05, 0.1) is 0 Å². The Labute approximate surface area is 89.3 Å². The smallest absolute Gasteiger partial charge is 0.0113 e. The molecule has 0 aliphatic carbocycles. The summed E-state index contributed by atoms with van der Waals surface area (Å²) in [5.74, 6) is 0. The van der Waals surface area contributed by atoms with E-state index in [0.29, 0.717) is 0 Å². The molecule has 1 saturated heterocycles. The summed E-state index contributed by atoms with van der Waals surface area (Å²) >= 11 is 0. The number of hydrogen-bond donors (Lipinski definition) is 0. The molecule has 0 spiro atoms.